The average Bonchev–Trinajstić information content (AvgIpc) is 2.30. The third kappa shape index (κ3) is 4.36. The van der Waals surface area contributed by atoms with Crippen LogP contribution in [0.2, 0.25) is 0 Å². The fourth-order valence-electron chi connectivity index (χ4n) is 1.55. The molecule has 0 radical (unpaired) electrons. The normalized spacial score (nSPS) is 12.7. The van der Waals surface area contributed by atoms with E-state index in [1.54, 1.807) is 12.4 Å². The van der Waals surface area contributed by atoms with Crippen molar-refractivity contribution in [2.75, 3.05) is 0 Å². The molecule has 0 amide bonds. The van der Waals surface area contributed by atoms with Crippen molar-refractivity contribution in [3.63, 3.8) is 0 Å². The number of nitrogens with two attached hydrogens (primary N) is 1. The van der Waals surface area contributed by atoms with Crippen molar-refractivity contribution in [1.29, 1.82) is 0 Å². The molecule has 1 aromatic rings. The fourth-order valence-corrected chi connectivity index (χ4v) is 1.55. The minimum Gasteiger partial charge on any atom is -0.271 e. The van der Waals surface area contributed by atoms with E-state index < -0.39 is 0 Å². The summed E-state index contributed by atoms with van der Waals surface area (Å²) in [5.74, 6) is 6.28. The number of aromatic nitrogens is 2. The lowest BCUT2D eigenvalue weighted by atomic mass is 10.1. The maximum atomic E-state index is 5.49. The Labute approximate surface area is 91.3 Å². The third-order valence-corrected chi connectivity index (χ3v) is 2.44. The van der Waals surface area contributed by atoms with Gasteiger partial charge in [-0.05, 0) is 12.5 Å². The summed E-state index contributed by atoms with van der Waals surface area (Å²) in [6.07, 6.45) is 9.45. The monoisotopic (exact) mass is 208 g/mol. The van der Waals surface area contributed by atoms with Crippen LogP contribution in [0.15, 0.2) is 18.5 Å². The molecule has 0 fully saturated rings. The van der Waals surface area contributed by atoms with E-state index in [1.165, 1.54) is 25.7 Å². The maximum absolute atomic E-state index is 5.49. The van der Waals surface area contributed by atoms with Crippen LogP contribution < -0.4 is 11.3 Å². The number of nitrogens with zero attached hydrogens (tertiary/aromatic N) is 2. The predicted molar refractivity (Wildman–Crippen MR) is 60.9 cm³/mol. The molecule has 1 unspecified atom stereocenters. The molecule has 1 aromatic heterocycles. The van der Waals surface area contributed by atoms with Gasteiger partial charge < -0.3 is 0 Å². The number of hydrogen-bond acceptors (Lipinski definition) is 4. The first-order valence-corrected chi connectivity index (χ1v) is 5.61. The van der Waals surface area contributed by atoms with Gasteiger partial charge in [0.15, 0.2) is 0 Å². The molecule has 0 saturated carbocycles. The lowest BCUT2D eigenvalue weighted by Gasteiger charge is -2.13. The van der Waals surface area contributed by atoms with E-state index >= 15 is 0 Å². The van der Waals surface area contributed by atoms with E-state index in [-0.39, 0.29) is 6.04 Å². The van der Waals surface area contributed by atoms with Crippen LogP contribution in [0.4, 0.5) is 0 Å². The highest BCUT2D eigenvalue weighted by atomic mass is 15.2. The molecule has 0 bridgehead atoms. The van der Waals surface area contributed by atoms with Crippen LogP contribution in [0.5, 0.6) is 0 Å². The van der Waals surface area contributed by atoms with Crippen molar-refractivity contribution >= 4 is 0 Å². The smallest absolute Gasteiger partial charge is 0.146 e. The molecule has 4 heteroatoms. The van der Waals surface area contributed by atoms with E-state index in [0.717, 1.165) is 12.2 Å². The molecule has 84 valence electrons. The van der Waals surface area contributed by atoms with Gasteiger partial charge in [0, 0.05) is 12.4 Å². The van der Waals surface area contributed by atoms with E-state index in [0.29, 0.717) is 0 Å². The SMILES string of the molecule is CCCCCCC(NN)c1ncccn1. The van der Waals surface area contributed by atoms with Crippen molar-refractivity contribution in [2.24, 2.45) is 5.84 Å². The van der Waals surface area contributed by atoms with E-state index in [9.17, 15) is 0 Å². The predicted octanol–water partition coefficient (Wildman–Crippen LogP) is 1.95. The first kappa shape index (κ1) is 12.1. The number of nitrogens with one attached hydrogen (secondary N) is 1. The molecule has 1 rings (SSSR count). The second-order valence-electron chi connectivity index (χ2n) is 3.68. The molecule has 4 nitrogen and oxygen atoms in total. The van der Waals surface area contributed by atoms with E-state index in [2.05, 4.69) is 22.3 Å². The first-order valence-electron chi connectivity index (χ1n) is 5.61. The van der Waals surface area contributed by atoms with Crippen LogP contribution in [0.1, 0.15) is 50.9 Å². The Bertz CT molecular complexity index is 250. The second kappa shape index (κ2) is 7.31. The molecule has 0 saturated heterocycles. The van der Waals surface area contributed by atoms with Gasteiger partial charge in [0.1, 0.15) is 5.82 Å². The van der Waals surface area contributed by atoms with Crippen LogP contribution in [0, 0.1) is 0 Å². The van der Waals surface area contributed by atoms with Gasteiger partial charge in [-0.2, -0.15) is 0 Å². The Morgan fingerprint density at radius 2 is 2.00 bits per heavy atom. The molecule has 1 atom stereocenters. The van der Waals surface area contributed by atoms with E-state index in [4.69, 9.17) is 5.84 Å². The number of unbranched alkanes of at least 4 members (excludes halogenated alkanes) is 3. The van der Waals surface area contributed by atoms with Crippen molar-refractivity contribution in [3.05, 3.63) is 24.3 Å². The summed E-state index contributed by atoms with van der Waals surface area (Å²) in [5, 5.41) is 0. The highest BCUT2D eigenvalue weighted by Crippen LogP contribution is 2.15. The van der Waals surface area contributed by atoms with Gasteiger partial charge in [-0.15, -0.1) is 0 Å². The minimum atomic E-state index is 0.0862. The van der Waals surface area contributed by atoms with Crippen molar-refractivity contribution in [1.82, 2.24) is 15.4 Å². The Balaban J connectivity index is 2.36. The summed E-state index contributed by atoms with van der Waals surface area (Å²) >= 11 is 0. The van der Waals surface area contributed by atoms with Crippen molar-refractivity contribution in [3.8, 4) is 0 Å². The molecule has 3 N–H and O–H groups in total. The maximum Gasteiger partial charge on any atom is 0.146 e. The Morgan fingerprint density at radius 1 is 1.27 bits per heavy atom. The molecule has 0 aliphatic carbocycles. The Kier molecular flexibility index (Phi) is 5.88. The van der Waals surface area contributed by atoms with Crippen LogP contribution in [0.25, 0.3) is 0 Å². The number of rotatable bonds is 7. The number of hydrogen-bond donors (Lipinski definition) is 2. The van der Waals surface area contributed by atoms with Crippen LogP contribution in [0.3, 0.4) is 0 Å². The quantitative estimate of drug-likeness (QED) is 0.408. The van der Waals surface area contributed by atoms with Gasteiger partial charge in [-0.3, -0.25) is 5.84 Å². The second-order valence-corrected chi connectivity index (χ2v) is 3.68. The van der Waals surface area contributed by atoms with Crippen LogP contribution in [-0.4, -0.2) is 9.97 Å². The van der Waals surface area contributed by atoms with Crippen molar-refractivity contribution in [2.45, 2.75) is 45.1 Å². The molecular formula is C11H20N4. The van der Waals surface area contributed by atoms with Crippen LogP contribution >= 0.6 is 0 Å². The zero-order valence-electron chi connectivity index (χ0n) is 9.32. The Hall–Kier alpha value is -1.00. The fraction of sp³-hybridized carbons (Fsp3) is 0.636. The summed E-state index contributed by atoms with van der Waals surface area (Å²) in [4.78, 5) is 8.39. The summed E-state index contributed by atoms with van der Waals surface area (Å²) < 4.78 is 0. The van der Waals surface area contributed by atoms with Gasteiger partial charge in [0.2, 0.25) is 0 Å². The molecule has 0 aromatic carbocycles. The van der Waals surface area contributed by atoms with Gasteiger partial charge >= 0.3 is 0 Å². The van der Waals surface area contributed by atoms with Gasteiger partial charge in [0.05, 0.1) is 6.04 Å². The summed E-state index contributed by atoms with van der Waals surface area (Å²) in [7, 11) is 0. The van der Waals surface area contributed by atoms with Gasteiger partial charge in [0.25, 0.3) is 0 Å². The lowest BCUT2D eigenvalue weighted by molar-refractivity contribution is 0.462. The standard InChI is InChI=1S/C11H20N4/c1-2-3-4-5-7-10(15-12)11-13-8-6-9-14-11/h6,8-10,15H,2-5,7,12H2,1H3. The minimum absolute atomic E-state index is 0.0862. The Morgan fingerprint density at radius 3 is 2.60 bits per heavy atom. The zero-order valence-corrected chi connectivity index (χ0v) is 9.32. The average molecular weight is 208 g/mol. The van der Waals surface area contributed by atoms with Gasteiger partial charge in [-0.25, -0.2) is 15.4 Å². The molecule has 0 aliphatic heterocycles. The molecule has 1 heterocycles. The summed E-state index contributed by atoms with van der Waals surface area (Å²) in [5.41, 5.74) is 2.77. The lowest BCUT2D eigenvalue weighted by Crippen LogP contribution is -2.29. The third-order valence-electron chi connectivity index (χ3n) is 2.44. The molecule has 15 heavy (non-hydrogen) atoms. The molecule has 0 spiro atoms. The molecule has 0 aliphatic rings. The molecular weight excluding hydrogens is 188 g/mol. The van der Waals surface area contributed by atoms with E-state index in [1.807, 2.05) is 6.07 Å². The highest BCUT2D eigenvalue weighted by molar-refractivity contribution is 4.94. The van der Waals surface area contributed by atoms with Crippen molar-refractivity contribution < 1.29 is 0 Å². The summed E-state index contributed by atoms with van der Waals surface area (Å²) in [6, 6.07) is 1.90. The highest BCUT2D eigenvalue weighted by Gasteiger charge is 2.10. The number of hydrazine groups is 1. The van der Waals surface area contributed by atoms with Gasteiger partial charge in [-0.1, -0.05) is 32.6 Å². The zero-order chi connectivity index (χ0) is 10.9. The van der Waals surface area contributed by atoms with Crippen LogP contribution in [-0.2, 0) is 0 Å². The topological polar surface area (TPSA) is 63.8 Å². The first-order chi connectivity index (χ1) is 7.38. The summed E-state index contributed by atoms with van der Waals surface area (Å²) in [6.45, 7) is 2.21. The largest absolute Gasteiger partial charge is 0.271 e.